The number of rotatable bonds is 8. The molecule has 0 fully saturated rings. The normalized spacial score (nSPS) is 12.3. The number of ether oxygens (including phenoxy) is 1. The van der Waals surface area contributed by atoms with Crippen molar-refractivity contribution in [3.8, 4) is 5.75 Å². The van der Waals surface area contributed by atoms with Crippen LogP contribution in [-0.4, -0.2) is 34.5 Å². The molecule has 0 aliphatic heterocycles. The third kappa shape index (κ3) is 4.84. The number of nitrogens with one attached hydrogen (secondary N) is 1. The molecule has 2 rings (SSSR count). The van der Waals surface area contributed by atoms with Gasteiger partial charge >= 0.3 is 0 Å². The van der Waals surface area contributed by atoms with Crippen LogP contribution in [0, 0.1) is 6.92 Å². The molecule has 152 valence electrons. The summed E-state index contributed by atoms with van der Waals surface area (Å²) in [7, 11) is -0.689. The summed E-state index contributed by atoms with van der Waals surface area (Å²) in [6.45, 7) is 5.83. The number of carbonyl (C=O) groups is 1. The topological polar surface area (TPSA) is 75.7 Å². The molecule has 0 spiro atoms. The van der Waals surface area contributed by atoms with E-state index in [9.17, 15) is 13.2 Å². The van der Waals surface area contributed by atoms with Gasteiger partial charge in [-0.15, -0.1) is 0 Å². The van der Waals surface area contributed by atoms with E-state index in [0.717, 1.165) is 12.8 Å². The molecule has 1 amide bonds. The third-order valence-corrected chi connectivity index (χ3v) is 6.40. The number of aryl methyl sites for hydroxylation is 1. The number of benzene rings is 2. The van der Waals surface area contributed by atoms with Crippen LogP contribution in [-0.2, 0) is 10.0 Å². The van der Waals surface area contributed by atoms with Crippen molar-refractivity contribution in [3.63, 3.8) is 0 Å². The van der Waals surface area contributed by atoms with E-state index in [2.05, 4.69) is 12.2 Å². The van der Waals surface area contributed by atoms with E-state index in [-0.39, 0.29) is 16.8 Å². The number of hydrogen-bond donors (Lipinski definition) is 1. The SMILES string of the molecule is CCC[C@H](C)NC(=O)c1ccc(N(C)S(=O)(=O)c2ccc(OC)cc2)c(C)c1. The molecule has 0 aliphatic rings. The summed E-state index contributed by atoms with van der Waals surface area (Å²) in [5.74, 6) is 0.432. The standard InChI is InChI=1S/C21H28N2O4S/c1-6-7-16(3)22-21(24)17-8-13-20(15(2)14-17)23(4)28(25,26)19-11-9-18(27-5)10-12-19/h8-14,16H,6-7H2,1-5H3,(H,22,24)/t16-/m0/s1. The molecule has 1 atom stereocenters. The van der Waals surface area contributed by atoms with Crippen LogP contribution in [0.25, 0.3) is 0 Å². The molecule has 1 N–H and O–H groups in total. The second-order valence-electron chi connectivity index (χ2n) is 6.81. The minimum atomic E-state index is -3.72. The zero-order chi connectivity index (χ0) is 20.9. The van der Waals surface area contributed by atoms with E-state index >= 15 is 0 Å². The Kier molecular flexibility index (Phi) is 7.07. The molecule has 28 heavy (non-hydrogen) atoms. The van der Waals surface area contributed by atoms with Gasteiger partial charge in [0.1, 0.15) is 5.75 Å². The van der Waals surface area contributed by atoms with Crippen molar-refractivity contribution in [1.82, 2.24) is 5.32 Å². The second-order valence-corrected chi connectivity index (χ2v) is 8.78. The molecular weight excluding hydrogens is 376 g/mol. The zero-order valence-electron chi connectivity index (χ0n) is 17.0. The van der Waals surface area contributed by atoms with Gasteiger partial charge in [-0.3, -0.25) is 9.10 Å². The van der Waals surface area contributed by atoms with Crippen LogP contribution in [0.2, 0.25) is 0 Å². The van der Waals surface area contributed by atoms with Gasteiger partial charge in [0.2, 0.25) is 0 Å². The number of carbonyl (C=O) groups excluding carboxylic acids is 1. The summed E-state index contributed by atoms with van der Waals surface area (Å²) in [6, 6.07) is 11.4. The van der Waals surface area contributed by atoms with Crippen molar-refractivity contribution in [3.05, 3.63) is 53.6 Å². The van der Waals surface area contributed by atoms with Gasteiger partial charge in [0.05, 0.1) is 17.7 Å². The number of nitrogens with zero attached hydrogens (tertiary/aromatic N) is 1. The Hall–Kier alpha value is -2.54. The lowest BCUT2D eigenvalue weighted by molar-refractivity contribution is 0.0938. The molecule has 0 bridgehead atoms. The average molecular weight is 405 g/mol. The molecule has 0 radical (unpaired) electrons. The monoisotopic (exact) mass is 404 g/mol. The van der Waals surface area contributed by atoms with Crippen molar-refractivity contribution < 1.29 is 17.9 Å². The van der Waals surface area contributed by atoms with Crippen molar-refractivity contribution in [1.29, 1.82) is 0 Å². The third-order valence-electron chi connectivity index (χ3n) is 4.62. The molecule has 2 aromatic carbocycles. The Morgan fingerprint density at radius 1 is 1.18 bits per heavy atom. The lowest BCUT2D eigenvalue weighted by Crippen LogP contribution is -2.32. The van der Waals surface area contributed by atoms with Crippen molar-refractivity contribution in [2.75, 3.05) is 18.5 Å². The summed E-state index contributed by atoms with van der Waals surface area (Å²) >= 11 is 0. The lowest BCUT2D eigenvalue weighted by Gasteiger charge is -2.22. The Labute approximate surface area is 167 Å². The molecule has 2 aromatic rings. The van der Waals surface area contributed by atoms with E-state index < -0.39 is 10.0 Å². The van der Waals surface area contributed by atoms with Crippen LogP contribution in [0.4, 0.5) is 5.69 Å². The highest BCUT2D eigenvalue weighted by molar-refractivity contribution is 7.92. The molecular formula is C21H28N2O4S. The first kappa shape index (κ1) is 21.8. The van der Waals surface area contributed by atoms with Gasteiger partial charge in [-0.1, -0.05) is 13.3 Å². The van der Waals surface area contributed by atoms with E-state index in [1.54, 1.807) is 37.3 Å². The summed E-state index contributed by atoms with van der Waals surface area (Å²) in [6.07, 6.45) is 1.90. The van der Waals surface area contributed by atoms with Crippen LogP contribution in [0.3, 0.4) is 0 Å². The molecule has 6 nitrogen and oxygen atoms in total. The number of amides is 1. The van der Waals surface area contributed by atoms with E-state index in [0.29, 0.717) is 22.6 Å². The smallest absolute Gasteiger partial charge is 0.264 e. The first-order valence-corrected chi connectivity index (χ1v) is 10.7. The van der Waals surface area contributed by atoms with E-state index in [4.69, 9.17) is 4.74 Å². The summed E-state index contributed by atoms with van der Waals surface area (Å²) in [5, 5.41) is 2.96. The van der Waals surface area contributed by atoms with Crippen LogP contribution in [0.15, 0.2) is 47.4 Å². The van der Waals surface area contributed by atoms with Crippen LogP contribution in [0.5, 0.6) is 5.75 Å². The highest BCUT2D eigenvalue weighted by Crippen LogP contribution is 2.27. The van der Waals surface area contributed by atoms with Gasteiger partial charge in [-0.2, -0.15) is 0 Å². The minimum absolute atomic E-state index is 0.0932. The summed E-state index contributed by atoms with van der Waals surface area (Å²) < 4.78 is 32.2. The van der Waals surface area contributed by atoms with Crippen molar-refractivity contribution >= 4 is 21.6 Å². The molecule has 0 aliphatic carbocycles. The predicted octanol–water partition coefficient (Wildman–Crippen LogP) is 3.75. The fourth-order valence-corrected chi connectivity index (χ4v) is 4.26. The maximum atomic E-state index is 12.9. The second kappa shape index (κ2) is 9.10. The molecule has 7 heteroatoms. The molecule has 0 saturated carbocycles. The maximum Gasteiger partial charge on any atom is 0.264 e. The number of anilines is 1. The maximum absolute atomic E-state index is 12.9. The molecule has 0 heterocycles. The molecule has 0 saturated heterocycles. The zero-order valence-corrected chi connectivity index (χ0v) is 17.8. The Bertz CT molecular complexity index is 924. The summed E-state index contributed by atoms with van der Waals surface area (Å²) in [5.41, 5.74) is 1.74. The first-order chi connectivity index (χ1) is 13.2. The number of sulfonamides is 1. The van der Waals surface area contributed by atoms with Crippen molar-refractivity contribution in [2.24, 2.45) is 0 Å². The van der Waals surface area contributed by atoms with Gasteiger partial charge < -0.3 is 10.1 Å². The number of hydrogen-bond acceptors (Lipinski definition) is 4. The Morgan fingerprint density at radius 3 is 2.36 bits per heavy atom. The van der Waals surface area contributed by atoms with E-state index in [1.165, 1.54) is 30.6 Å². The number of methoxy groups -OCH3 is 1. The first-order valence-electron chi connectivity index (χ1n) is 9.25. The highest BCUT2D eigenvalue weighted by Gasteiger charge is 2.23. The van der Waals surface area contributed by atoms with Crippen LogP contribution < -0.4 is 14.4 Å². The predicted molar refractivity (Wildman–Crippen MR) is 112 cm³/mol. The Balaban J connectivity index is 2.25. The minimum Gasteiger partial charge on any atom is -0.497 e. The van der Waals surface area contributed by atoms with Gasteiger partial charge in [-0.25, -0.2) is 8.42 Å². The highest BCUT2D eigenvalue weighted by atomic mass is 32.2. The fourth-order valence-electron chi connectivity index (χ4n) is 3.00. The quantitative estimate of drug-likeness (QED) is 0.727. The van der Waals surface area contributed by atoms with Crippen LogP contribution >= 0.6 is 0 Å². The fraction of sp³-hybridized carbons (Fsp3) is 0.381. The van der Waals surface area contributed by atoms with Crippen LogP contribution in [0.1, 0.15) is 42.6 Å². The van der Waals surface area contributed by atoms with Gasteiger partial charge in [0.25, 0.3) is 15.9 Å². The van der Waals surface area contributed by atoms with E-state index in [1.807, 2.05) is 6.92 Å². The van der Waals surface area contributed by atoms with Crippen molar-refractivity contribution in [2.45, 2.75) is 44.6 Å². The molecule has 0 aromatic heterocycles. The van der Waals surface area contributed by atoms with Gasteiger partial charge in [0.15, 0.2) is 0 Å². The van der Waals surface area contributed by atoms with Gasteiger partial charge in [0, 0.05) is 18.7 Å². The Morgan fingerprint density at radius 2 is 1.82 bits per heavy atom. The van der Waals surface area contributed by atoms with Gasteiger partial charge in [-0.05, 0) is 68.3 Å². The molecule has 0 unspecified atom stereocenters. The summed E-state index contributed by atoms with van der Waals surface area (Å²) in [4.78, 5) is 12.6. The largest absolute Gasteiger partial charge is 0.497 e. The lowest BCUT2D eigenvalue weighted by atomic mass is 10.1. The average Bonchev–Trinajstić information content (AvgIpc) is 2.67.